The Morgan fingerprint density at radius 3 is 1.44 bits per heavy atom. The Bertz CT molecular complexity index is 1260. The molecule has 3 aromatic carbocycles. The maximum absolute atomic E-state index is 11.9. The van der Waals surface area contributed by atoms with Gasteiger partial charge in [0.15, 0.2) is 0 Å². The molecule has 14 heteroatoms. The zero-order valence-corrected chi connectivity index (χ0v) is 23.3. The minimum atomic E-state index is -4.07. The van der Waals surface area contributed by atoms with E-state index in [-0.39, 0.29) is 39.9 Å². The lowest BCUT2D eigenvalue weighted by molar-refractivity contribution is 0.139. The summed E-state index contributed by atoms with van der Waals surface area (Å²) in [6, 6.07) is 26.7. The number of hydrogen-bond donors (Lipinski definition) is 5. The zero-order chi connectivity index (χ0) is 29.3. The smallest absolute Gasteiger partial charge is 0.407 e. The van der Waals surface area contributed by atoms with Crippen LogP contribution in [-0.4, -0.2) is 52.3 Å². The summed E-state index contributed by atoms with van der Waals surface area (Å²) in [5, 5.41) is 4.68. The first kappa shape index (κ1) is 35.4. The molecule has 0 aliphatic carbocycles. The fourth-order valence-electron chi connectivity index (χ4n) is 2.84. The molecule has 0 saturated heterocycles. The highest BCUT2D eigenvalue weighted by atomic mass is 31.2. The number of ether oxygens (including phenoxy) is 2. The van der Waals surface area contributed by atoms with Gasteiger partial charge in [0.05, 0.1) is 12.3 Å². The van der Waals surface area contributed by atoms with Gasteiger partial charge in [0, 0.05) is 13.1 Å². The van der Waals surface area contributed by atoms with Gasteiger partial charge in [0.2, 0.25) is 0 Å². The maximum Gasteiger partial charge on any atom is 0.407 e. The highest BCUT2D eigenvalue weighted by Gasteiger charge is 2.21. The van der Waals surface area contributed by atoms with Crippen molar-refractivity contribution in [2.24, 2.45) is 0 Å². The fourth-order valence-corrected chi connectivity index (χ4v) is 4.18. The molecular weight excluding hydrogens is 574 g/mol. The third-order valence-corrected chi connectivity index (χ3v) is 6.84. The fraction of sp³-hybridized carbons (Fsp3) is 0.259. The van der Waals surface area contributed by atoms with Crippen LogP contribution in [0.3, 0.4) is 0 Å². The summed E-state index contributed by atoms with van der Waals surface area (Å²) in [4.78, 5) is 49.5. The van der Waals surface area contributed by atoms with Gasteiger partial charge >= 0.3 is 27.4 Å². The van der Waals surface area contributed by atoms with E-state index >= 15 is 0 Å². The predicted molar refractivity (Wildman–Crippen MR) is 155 cm³/mol. The van der Waals surface area contributed by atoms with Crippen molar-refractivity contribution < 1.29 is 47.4 Å². The van der Waals surface area contributed by atoms with Crippen LogP contribution in [0.5, 0.6) is 5.75 Å². The molecule has 1 atom stereocenters. The number of benzene rings is 3. The highest BCUT2D eigenvalue weighted by molar-refractivity contribution is 7.53. The second-order valence-corrected chi connectivity index (χ2v) is 11.8. The first-order valence-electron chi connectivity index (χ1n) is 12.0. The molecule has 12 nitrogen and oxygen atoms in total. The van der Waals surface area contributed by atoms with E-state index in [4.69, 9.17) is 23.8 Å². The van der Waals surface area contributed by atoms with E-state index in [1.807, 2.05) is 60.7 Å². The molecule has 0 fully saturated rings. The lowest BCUT2D eigenvalue weighted by Gasteiger charge is -2.13. The van der Waals surface area contributed by atoms with Gasteiger partial charge in [-0.25, -0.2) is 14.2 Å². The van der Waals surface area contributed by atoms with Gasteiger partial charge in [-0.3, -0.25) is 4.57 Å². The number of hydrogen-bond acceptors (Lipinski definition) is 7. The van der Waals surface area contributed by atoms with Crippen molar-refractivity contribution in [1.29, 1.82) is 0 Å². The molecule has 0 bridgehead atoms. The Kier molecular flexibility index (Phi) is 16.1. The van der Waals surface area contributed by atoms with Crippen LogP contribution in [0.15, 0.2) is 91.0 Å². The summed E-state index contributed by atoms with van der Waals surface area (Å²) in [5.74, 6) is 0.310. The van der Waals surface area contributed by atoms with Crippen molar-refractivity contribution in [2.45, 2.75) is 20.6 Å². The van der Waals surface area contributed by atoms with Gasteiger partial charge in [-0.1, -0.05) is 86.3 Å². The molecule has 0 radical (unpaired) electrons. The average molecular weight is 611 g/mol. The molecule has 41 heavy (non-hydrogen) atoms. The standard InChI is InChI=1S/C16H18NO5P.C10H14NO5P.CH4/c18-16(21-13-14-7-3-1-4-8-14)17-11-12-23(19,20)22-15-9-5-2-6-10-15;12-10(11-6-7-17(13,14)15)16-8-9-4-2-1-3-5-9;/h1-10H,11-13H2,(H,17,18)(H,19,20);1-5H,6-8H2,(H,11,12)(H2,13,14,15);1H4. The number of para-hydroxylation sites is 1. The molecule has 0 aliphatic heterocycles. The molecule has 3 rings (SSSR count). The Balaban J connectivity index is 0.000000419. The highest BCUT2D eigenvalue weighted by Crippen LogP contribution is 2.41. The summed E-state index contributed by atoms with van der Waals surface area (Å²) >= 11 is 0. The van der Waals surface area contributed by atoms with Crippen molar-refractivity contribution in [3.05, 3.63) is 102 Å². The Morgan fingerprint density at radius 2 is 1.02 bits per heavy atom. The third kappa shape index (κ3) is 17.6. The van der Waals surface area contributed by atoms with Gasteiger partial charge in [-0.05, 0) is 23.3 Å². The van der Waals surface area contributed by atoms with Gasteiger partial charge in [0.25, 0.3) is 0 Å². The maximum atomic E-state index is 11.9. The van der Waals surface area contributed by atoms with E-state index in [2.05, 4.69) is 10.6 Å². The number of carbonyl (C=O) groups excluding carboxylic acids is 2. The van der Waals surface area contributed by atoms with Gasteiger partial charge < -0.3 is 39.3 Å². The van der Waals surface area contributed by atoms with Crippen LogP contribution < -0.4 is 15.2 Å². The average Bonchev–Trinajstić information content (AvgIpc) is 2.92. The third-order valence-electron chi connectivity index (χ3n) is 4.75. The van der Waals surface area contributed by atoms with Gasteiger partial charge in [-0.2, -0.15) is 0 Å². The lowest BCUT2D eigenvalue weighted by Crippen LogP contribution is -2.27. The first-order valence-corrected chi connectivity index (χ1v) is 15.6. The van der Waals surface area contributed by atoms with E-state index < -0.39 is 33.5 Å². The molecule has 0 spiro atoms. The Hall–Kier alpha value is -3.66. The lowest BCUT2D eigenvalue weighted by atomic mass is 10.2. The van der Waals surface area contributed by atoms with Crippen molar-refractivity contribution in [3.63, 3.8) is 0 Å². The molecule has 0 saturated carbocycles. The second kappa shape index (κ2) is 18.6. The number of nitrogens with one attached hydrogen (secondary N) is 2. The molecule has 0 aliphatic rings. The number of alkyl carbamates (subject to hydrolysis) is 2. The van der Waals surface area contributed by atoms with Crippen molar-refractivity contribution in [3.8, 4) is 5.75 Å². The van der Waals surface area contributed by atoms with Crippen LogP contribution in [-0.2, 0) is 31.8 Å². The summed E-state index contributed by atoms with van der Waals surface area (Å²) in [5.41, 5.74) is 1.71. The molecular formula is C27H36N2O10P2. The van der Waals surface area contributed by atoms with Crippen molar-refractivity contribution >= 4 is 27.4 Å². The van der Waals surface area contributed by atoms with Gasteiger partial charge in [-0.15, -0.1) is 0 Å². The minimum absolute atomic E-state index is 0. The monoisotopic (exact) mass is 610 g/mol. The predicted octanol–water partition coefficient (Wildman–Crippen LogP) is 4.90. The number of amides is 2. The van der Waals surface area contributed by atoms with Crippen LogP contribution in [0.25, 0.3) is 0 Å². The molecule has 0 heterocycles. The Morgan fingerprint density at radius 1 is 0.634 bits per heavy atom. The van der Waals surface area contributed by atoms with Crippen LogP contribution in [0.4, 0.5) is 9.59 Å². The van der Waals surface area contributed by atoms with E-state index in [1.54, 1.807) is 30.3 Å². The quantitative estimate of drug-likeness (QED) is 0.177. The first-order chi connectivity index (χ1) is 19.0. The summed E-state index contributed by atoms with van der Waals surface area (Å²) < 4.78 is 37.3. The Labute approximate surface area is 239 Å². The summed E-state index contributed by atoms with van der Waals surface area (Å²) in [6.45, 7) is 0.138. The molecule has 224 valence electrons. The molecule has 5 N–H and O–H groups in total. The molecule has 2 amide bonds. The summed E-state index contributed by atoms with van der Waals surface area (Å²) in [6.07, 6.45) is -1.94. The second-order valence-electron chi connectivity index (χ2n) is 8.13. The largest absolute Gasteiger partial charge is 0.445 e. The number of carbonyl (C=O) groups is 2. The zero-order valence-electron chi connectivity index (χ0n) is 21.5. The van der Waals surface area contributed by atoms with Crippen LogP contribution in [0, 0.1) is 0 Å². The van der Waals surface area contributed by atoms with E-state index in [0.717, 1.165) is 11.1 Å². The van der Waals surface area contributed by atoms with E-state index in [9.17, 15) is 23.6 Å². The molecule has 1 unspecified atom stereocenters. The SMILES string of the molecule is C.O=C(NCCP(=O)(O)O)OCc1ccccc1.O=C(NCCP(=O)(O)Oc1ccccc1)OCc1ccccc1. The minimum Gasteiger partial charge on any atom is -0.445 e. The normalized spacial score (nSPS) is 11.8. The van der Waals surface area contributed by atoms with Crippen LogP contribution in [0.2, 0.25) is 0 Å². The van der Waals surface area contributed by atoms with E-state index in [1.165, 1.54) is 0 Å². The van der Waals surface area contributed by atoms with Crippen LogP contribution >= 0.6 is 15.2 Å². The van der Waals surface area contributed by atoms with E-state index in [0.29, 0.717) is 5.75 Å². The molecule has 3 aromatic rings. The van der Waals surface area contributed by atoms with Crippen molar-refractivity contribution in [2.75, 3.05) is 25.4 Å². The molecule has 0 aromatic heterocycles. The van der Waals surface area contributed by atoms with Crippen molar-refractivity contribution in [1.82, 2.24) is 10.6 Å². The van der Waals surface area contributed by atoms with Gasteiger partial charge in [0.1, 0.15) is 19.0 Å². The number of rotatable bonds is 12. The summed E-state index contributed by atoms with van der Waals surface area (Å²) in [7, 11) is -7.89. The van der Waals surface area contributed by atoms with Crippen LogP contribution in [0.1, 0.15) is 18.6 Å². The topological polar surface area (TPSA) is 181 Å².